The summed E-state index contributed by atoms with van der Waals surface area (Å²) in [6.07, 6.45) is -1.17. The number of rotatable bonds is 7. The smallest absolute Gasteiger partial charge is 0.416 e. The average Bonchev–Trinajstić information content (AvgIpc) is 3.37. The van der Waals surface area contributed by atoms with E-state index in [1.165, 1.54) is 13.2 Å². The van der Waals surface area contributed by atoms with Crippen LogP contribution in [0.3, 0.4) is 0 Å². The Balaban J connectivity index is 1.22. The first kappa shape index (κ1) is 26.9. The molecule has 0 unspecified atom stereocenters. The van der Waals surface area contributed by atoms with Crippen LogP contribution in [0, 0.1) is 0 Å². The normalized spacial score (nSPS) is 24.1. The Kier molecular flexibility index (Phi) is 8.03. The lowest BCUT2D eigenvalue weighted by Crippen LogP contribution is -2.46. The second-order valence-electron chi connectivity index (χ2n) is 9.62. The number of alkyl halides is 3. The van der Waals surface area contributed by atoms with Crippen molar-refractivity contribution in [3.8, 4) is 5.88 Å². The number of aliphatic hydroxyl groups is 1. The molecule has 1 saturated heterocycles. The first-order valence-corrected chi connectivity index (χ1v) is 12.3. The van der Waals surface area contributed by atoms with E-state index in [1.807, 2.05) is 12.1 Å². The number of pyridine rings is 1. The number of carbonyl (C=O) groups excluding carboxylic acids is 2. The largest absolute Gasteiger partial charge is 0.481 e. The van der Waals surface area contributed by atoms with Crippen LogP contribution in [0.4, 0.5) is 13.2 Å². The van der Waals surface area contributed by atoms with E-state index >= 15 is 0 Å². The van der Waals surface area contributed by atoms with Crippen LogP contribution < -0.4 is 15.4 Å². The third-order valence-corrected chi connectivity index (χ3v) is 7.09. The average molecular weight is 521 g/mol. The molecule has 1 aliphatic carbocycles. The summed E-state index contributed by atoms with van der Waals surface area (Å²) < 4.78 is 43.8. The number of carbonyl (C=O) groups is 2. The molecule has 2 heterocycles. The van der Waals surface area contributed by atoms with Gasteiger partial charge in [-0.05, 0) is 56.4 Å². The van der Waals surface area contributed by atoms with Gasteiger partial charge in [0.25, 0.3) is 5.91 Å². The number of hydrogen-bond donors (Lipinski definition) is 3. The van der Waals surface area contributed by atoms with Gasteiger partial charge in [-0.1, -0.05) is 12.1 Å². The molecule has 1 aromatic heterocycles. The lowest BCUT2D eigenvalue weighted by Gasteiger charge is -2.37. The fraction of sp³-hybridized carbons (Fsp3) is 0.500. The topological polar surface area (TPSA) is 104 Å². The number of hydrogen-bond acceptors (Lipinski definition) is 6. The maximum absolute atomic E-state index is 12.9. The van der Waals surface area contributed by atoms with Crippen LogP contribution in [0.2, 0.25) is 0 Å². The molecule has 3 N–H and O–H groups in total. The first-order chi connectivity index (χ1) is 17.6. The molecule has 0 bridgehead atoms. The van der Waals surface area contributed by atoms with Gasteiger partial charge in [0.2, 0.25) is 11.8 Å². The van der Waals surface area contributed by atoms with Gasteiger partial charge in [0, 0.05) is 36.8 Å². The molecule has 4 rings (SSSR count). The summed E-state index contributed by atoms with van der Waals surface area (Å²) in [4.78, 5) is 30.9. The summed E-state index contributed by atoms with van der Waals surface area (Å²) in [5, 5.41) is 17.1. The summed E-state index contributed by atoms with van der Waals surface area (Å²) in [5.41, 5.74) is -1.46. The molecule has 1 aliphatic heterocycles. The van der Waals surface area contributed by atoms with Gasteiger partial charge in [0.15, 0.2) is 0 Å². The lowest BCUT2D eigenvalue weighted by atomic mass is 9.79. The highest BCUT2D eigenvalue weighted by molar-refractivity contribution is 5.96. The molecule has 1 aromatic carbocycles. The first-order valence-electron chi connectivity index (χ1n) is 12.3. The summed E-state index contributed by atoms with van der Waals surface area (Å²) in [6.45, 7) is 0.725. The van der Waals surface area contributed by atoms with Crippen molar-refractivity contribution in [1.82, 2.24) is 20.5 Å². The number of likely N-dealkylation sites (tertiary alicyclic amines) is 1. The number of amides is 2. The van der Waals surface area contributed by atoms with E-state index in [2.05, 4.69) is 15.6 Å². The molecular weight excluding hydrogens is 489 g/mol. The number of nitrogens with zero attached hydrogens (tertiary/aromatic N) is 2. The summed E-state index contributed by atoms with van der Waals surface area (Å²) in [7, 11) is 1.54. The lowest BCUT2D eigenvalue weighted by molar-refractivity contribution is -0.137. The molecule has 8 nitrogen and oxygen atoms in total. The highest BCUT2D eigenvalue weighted by Crippen LogP contribution is 2.37. The maximum Gasteiger partial charge on any atom is 0.416 e. The molecule has 2 fully saturated rings. The van der Waals surface area contributed by atoms with Crippen LogP contribution in [0.15, 0.2) is 42.5 Å². The van der Waals surface area contributed by atoms with E-state index in [0.29, 0.717) is 37.5 Å². The van der Waals surface area contributed by atoms with E-state index in [-0.39, 0.29) is 30.1 Å². The monoisotopic (exact) mass is 520 g/mol. The van der Waals surface area contributed by atoms with Gasteiger partial charge in [-0.3, -0.25) is 9.59 Å². The SMILES string of the molecule is COc1cccc(C2(O)CCC(N[C@H]3CCN(C(=O)CNC(=O)c4cccc(C(F)(F)F)c4)C3)CC2)n1. The predicted molar refractivity (Wildman–Crippen MR) is 129 cm³/mol. The molecular formula is C26H31F3N4O4. The standard InChI is InChI=1S/C26H31F3N4O4/c1-37-22-7-3-6-21(32-22)25(36)11-8-19(9-12-25)31-20-10-13-33(16-20)23(34)15-30-24(35)17-4-2-5-18(14-17)26(27,28)29/h2-7,14,19-20,31,36H,8-13,15-16H2,1H3,(H,30,35)/t19?,20-,25?/m0/s1. The quantitative estimate of drug-likeness (QED) is 0.519. The third-order valence-electron chi connectivity index (χ3n) is 7.09. The van der Waals surface area contributed by atoms with E-state index in [9.17, 15) is 27.9 Å². The number of benzene rings is 1. The van der Waals surface area contributed by atoms with Gasteiger partial charge in [-0.15, -0.1) is 0 Å². The summed E-state index contributed by atoms with van der Waals surface area (Å²) in [5.74, 6) is -0.548. The van der Waals surface area contributed by atoms with Crippen molar-refractivity contribution in [3.63, 3.8) is 0 Å². The molecule has 2 aliphatic rings. The van der Waals surface area contributed by atoms with Crippen molar-refractivity contribution in [2.75, 3.05) is 26.7 Å². The van der Waals surface area contributed by atoms with E-state index in [1.54, 1.807) is 11.0 Å². The van der Waals surface area contributed by atoms with Crippen molar-refractivity contribution >= 4 is 11.8 Å². The van der Waals surface area contributed by atoms with Crippen LogP contribution in [0.25, 0.3) is 0 Å². The second-order valence-corrected chi connectivity index (χ2v) is 9.62. The van der Waals surface area contributed by atoms with E-state index < -0.39 is 23.2 Å². The van der Waals surface area contributed by atoms with Crippen LogP contribution in [-0.2, 0) is 16.6 Å². The van der Waals surface area contributed by atoms with Gasteiger partial charge < -0.3 is 25.4 Å². The number of aromatic nitrogens is 1. The molecule has 11 heteroatoms. The Morgan fingerprint density at radius 3 is 2.57 bits per heavy atom. The number of ether oxygens (including phenoxy) is 1. The maximum atomic E-state index is 12.9. The van der Waals surface area contributed by atoms with Gasteiger partial charge in [0.05, 0.1) is 24.9 Å². The minimum absolute atomic E-state index is 0.0919. The minimum Gasteiger partial charge on any atom is -0.481 e. The summed E-state index contributed by atoms with van der Waals surface area (Å²) in [6, 6.07) is 9.76. The molecule has 2 amide bonds. The summed E-state index contributed by atoms with van der Waals surface area (Å²) >= 11 is 0. The Morgan fingerprint density at radius 1 is 1.14 bits per heavy atom. The number of nitrogens with one attached hydrogen (secondary N) is 2. The molecule has 2 aromatic rings. The molecule has 200 valence electrons. The van der Waals surface area contributed by atoms with Crippen LogP contribution >= 0.6 is 0 Å². The zero-order valence-electron chi connectivity index (χ0n) is 20.6. The van der Waals surface area contributed by atoms with Crippen molar-refractivity contribution in [3.05, 3.63) is 59.3 Å². The highest BCUT2D eigenvalue weighted by atomic mass is 19.4. The Bertz CT molecular complexity index is 1120. The van der Waals surface area contributed by atoms with Crippen LogP contribution in [0.5, 0.6) is 5.88 Å². The van der Waals surface area contributed by atoms with E-state index in [4.69, 9.17) is 4.74 Å². The van der Waals surface area contributed by atoms with Crippen LogP contribution in [0.1, 0.15) is 53.7 Å². The Morgan fingerprint density at radius 2 is 1.86 bits per heavy atom. The predicted octanol–water partition coefficient (Wildman–Crippen LogP) is 2.86. The Labute approximate surface area is 213 Å². The fourth-order valence-corrected chi connectivity index (χ4v) is 4.97. The number of methoxy groups -OCH3 is 1. The van der Waals surface area contributed by atoms with Crippen molar-refractivity contribution in [1.29, 1.82) is 0 Å². The molecule has 37 heavy (non-hydrogen) atoms. The van der Waals surface area contributed by atoms with Crippen molar-refractivity contribution in [2.45, 2.75) is 56.0 Å². The van der Waals surface area contributed by atoms with Gasteiger partial charge in [0.1, 0.15) is 5.60 Å². The van der Waals surface area contributed by atoms with Gasteiger partial charge in [-0.2, -0.15) is 13.2 Å². The molecule has 1 atom stereocenters. The van der Waals surface area contributed by atoms with Crippen molar-refractivity contribution < 1.29 is 32.6 Å². The fourth-order valence-electron chi connectivity index (χ4n) is 4.97. The van der Waals surface area contributed by atoms with Gasteiger partial charge in [-0.25, -0.2) is 4.98 Å². The zero-order chi connectivity index (χ0) is 26.6. The molecule has 1 saturated carbocycles. The Hall–Kier alpha value is -3.18. The van der Waals surface area contributed by atoms with Crippen LogP contribution in [-0.4, -0.2) is 65.6 Å². The van der Waals surface area contributed by atoms with Crippen molar-refractivity contribution in [2.24, 2.45) is 0 Å². The van der Waals surface area contributed by atoms with Gasteiger partial charge >= 0.3 is 6.18 Å². The zero-order valence-corrected chi connectivity index (χ0v) is 20.6. The molecule has 0 spiro atoms. The minimum atomic E-state index is -4.55. The molecule has 0 radical (unpaired) electrons. The highest BCUT2D eigenvalue weighted by Gasteiger charge is 2.38. The number of halogens is 3. The third kappa shape index (κ3) is 6.58. The second kappa shape index (κ2) is 11.1. The van der Waals surface area contributed by atoms with E-state index in [0.717, 1.165) is 37.5 Å².